The number of methoxy groups -OCH3 is 1. The van der Waals surface area contributed by atoms with Gasteiger partial charge in [-0.1, -0.05) is 23.7 Å². The molecular formula is C41H44ClN5O4. The van der Waals surface area contributed by atoms with Crippen LogP contribution in [0, 0.1) is 34.6 Å². The molecule has 7 rings (SSSR count). The molecule has 9 nitrogen and oxygen atoms in total. The average molecular weight is 706 g/mol. The highest BCUT2D eigenvalue weighted by Crippen LogP contribution is 2.44. The van der Waals surface area contributed by atoms with Crippen molar-refractivity contribution < 1.29 is 19.1 Å². The van der Waals surface area contributed by atoms with Crippen LogP contribution in [0.3, 0.4) is 0 Å². The lowest BCUT2D eigenvalue weighted by Crippen LogP contribution is -2.42. The van der Waals surface area contributed by atoms with Crippen molar-refractivity contribution >= 4 is 51.0 Å². The smallest absolute Gasteiger partial charge is 0.337 e. The van der Waals surface area contributed by atoms with Gasteiger partial charge in [-0.05, 0) is 107 Å². The summed E-state index contributed by atoms with van der Waals surface area (Å²) in [6.45, 7) is 13.4. The summed E-state index contributed by atoms with van der Waals surface area (Å²) in [5.41, 5.74) is 12.3. The SMILES string of the molecule is COC(=O)c1ccc2c(c1)c(N1C[C@@H](C)n3c(c(CCCOc4cc(C)c(Cl)c(C)c4)c4ccc(C)c(-c5c(C)nn(C)c5C)c43)C1=O)cn2C. The molecule has 0 spiro atoms. The van der Waals surface area contributed by atoms with Gasteiger partial charge in [0, 0.05) is 71.0 Å². The second kappa shape index (κ2) is 12.9. The molecule has 0 bridgehead atoms. The summed E-state index contributed by atoms with van der Waals surface area (Å²) in [6.07, 6.45) is 3.34. The lowest BCUT2D eigenvalue weighted by molar-refractivity contribution is 0.0600. The van der Waals surface area contributed by atoms with E-state index >= 15 is 4.79 Å². The van der Waals surface area contributed by atoms with Gasteiger partial charge in [0.15, 0.2) is 0 Å². The maximum Gasteiger partial charge on any atom is 0.337 e. The third-order valence-electron chi connectivity index (χ3n) is 10.5. The Morgan fingerprint density at radius 1 is 0.961 bits per heavy atom. The van der Waals surface area contributed by atoms with Gasteiger partial charge < -0.3 is 23.5 Å². The van der Waals surface area contributed by atoms with Crippen LogP contribution in [0.5, 0.6) is 5.75 Å². The van der Waals surface area contributed by atoms with Crippen LogP contribution in [0.4, 0.5) is 5.69 Å². The van der Waals surface area contributed by atoms with E-state index < -0.39 is 5.97 Å². The molecule has 10 heteroatoms. The van der Waals surface area contributed by atoms with Crippen LogP contribution < -0.4 is 9.64 Å². The van der Waals surface area contributed by atoms with Gasteiger partial charge in [-0.2, -0.15) is 5.10 Å². The molecule has 4 heterocycles. The molecule has 0 saturated carbocycles. The number of carbonyl (C=O) groups excluding carboxylic acids is 2. The number of fused-ring (bicyclic) bond motifs is 4. The lowest BCUT2D eigenvalue weighted by atomic mass is 9.94. The Morgan fingerprint density at radius 2 is 1.69 bits per heavy atom. The Kier molecular flexibility index (Phi) is 8.74. The van der Waals surface area contributed by atoms with Crippen LogP contribution in [0.1, 0.15) is 73.9 Å². The van der Waals surface area contributed by atoms with Crippen molar-refractivity contribution in [2.24, 2.45) is 14.1 Å². The van der Waals surface area contributed by atoms with E-state index in [0.29, 0.717) is 37.3 Å². The summed E-state index contributed by atoms with van der Waals surface area (Å²) < 4.78 is 17.5. The van der Waals surface area contributed by atoms with E-state index in [4.69, 9.17) is 26.2 Å². The Hall–Kier alpha value is -5.02. The normalized spacial score (nSPS) is 14.5. The summed E-state index contributed by atoms with van der Waals surface area (Å²) in [7, 11) is 5.31. The molecule has 0 saturated heterocycles. The van der Waals surface area contributed by atoms with Crippen molar-refractivity contribution in [3.63, 3.8) is 0 Å². The van der Waals surface area contributed by atoms with Gasteiger partial charge in [0.2, 0.25) is 0 Å². The molecule has 264 valence electrons. The minimum Gasteiger partial charge on any atom is -0.494 e. The number of ether oxygens (including phenoxy) is 2. The summed E-state index contributed by atoms with van der Waals surface area (Å²) in [5, 5.41) is 7.42. The number of halogens is 1. The second-order valence-electron chi connectivity index (χ2n) is 14.0. The number of amides is 1. The van der Waals surface area contributed by atoms with Gasteiger partial charge in [-0.15, -0.1) is 0 Å². The predicted molar refractivity (Wildman–Crippen MR) is 204 cm³/mol. The first-order chi connectivity index (χ1) is 24.3. The Morgan fingerprint density at radius 3 is 2.35 bits per heavy atom. The standard InChI is InChI=1S/C41H44ClN5O4/c1-22-12-14-31-30(11-10-16-51-29-17-23(2)37(42)24(3)18-29)39-40(48)46(34-21-44(7)33-15-13-28(19-32(33)34)41(49)50-9)20-25(4)47(39)38(31)35(22)36-26(5)43-45(8)27(36)6/h12-15,17-19,21,25H,10-11,16,20H2,1-9H3/t25-/m1/s1. The summed E-state index contributed by atoms with van der Waals surface area (Å²) in [4.78, 5) is 29.5. The first-order valence-corrected chi connectivity index (χ1v) is 17.8. The zero-order valence-electron chi connectivity index (χ0n) is 30.8. The minimum absolute atomic E-state index is 0.0536. The first kappa shape index (κ1) is 34.4. The lowest BCUT2D eigenvalue weighted by Gasteiger charge is -2.34. The van der Waals surface area contributed by atoms with Crippen molar-refractivity contribution in [3.05, 3.63) is 98.6 Å². The molecule has 1 aliphatic heterocycles. The van der Waals surface area contributed by atoms with Crippen molar-refractivity contribution in [1.82, 2.24) is 18.9 Å². The van der Waals surface area contributed by atoms with Gasteiger partial charge in [0.25, 0.3) is 5.91 Å². The molecule has 1 aliphatic rings. The molecule has 0 N–H and O–H groups in total. The number of anilines is 1. The molecule has 3 aromatic carbocycles. The molecular weight excluding hydrogens is 662 g/mol. The Labute approximate surface area is 303 Å². The fourth-order valence-electron chi connectivity index (χ4n) is 7.97. The summed E-state index contributed by atoms with van der Waals surface area (Å²) >= 11 is 6.41. The van der Waals surface area contributed by atoms with Gasteiger partial charge >= 0.3 is 5.97 Å². The van der Waals surface area contributed by atoms with Gasteiger partial charge in [-0.25, -0.2) is 4.79 Å². The highest BCUT2D eigenvalue weighted by molar-refractivity contribution is 6.32. The Balaban J connectivity index is 1.37. The van der Waals surface area contributed by atoms with Crippen LogP contribution >= 0.6 is 11.6 Å². The van der Waals surface area contributed by atoms with Gasteiger partial charge in [-0.3, -0.25) is 9.48 Å². The summed E-state index contributed by atoms with van der Waals surface area (Å²) in [5.74, 6) is 0.308. The number of hydrogen-bond acceptors (Lipinski definition) is 5. The topological polar surface area (TPSA) is 83.5 Å². The molecule has 1 amide bonds. The zero-order valence-corrected chi connectivity index (χ0v) is 31.5. The predicted octanol–water partition coefficient (Wildman–Crippen LogP) is 8.75. The van der Waals surface area contributed by atoms with E-state index in [1.165, 1.54) is 7.11 Å². The largest absolute Gasteiger partial charge is 0.494 e. The average Bonchev–Trinajstić information content (AvgIpc) is 3.70. The van der Waals surface area contributed by atoms with Crippen LogP contribution in [-0.4, -0.2) is 51.1 Å². The van der Waals surface area contributed by atoms with Crippen molar-refractivity contribution in [2.75, 3.05) is 25.2 Å². The highest BCUT2D eigenvalue weighted by atomic mass is 35.5. The highest BCUT2D eigenvalue weighted by Gasteiger charge is 2.37. The minimum atomic E-state index is -0.414. The number of benzene rings is 3. The molecule has 0 fully saturated rings. The van der Waals surface area contributed by atoms with Crippen LogP contribution in [0.15, 0.2) is 48.7 Å². The fourth-order valence-corrected chi connectivity index (χ4v) is 8.08. The van der Waals surface area contributed by atoms with Crippen molar-refractivity contribution in [2.45, 2.75) is 60.4 Å². The molecule has 0 radical (unpaired) electrons. The quantitative estimate of drug-likeness (QED) is 0.117. The molecule has 1 atom stereocenters. The van der Waals surface area contributed by atoms with Gasteiger partial charge in [0.1, 0.15) is 11.4 Å². The van der Waals surface area contributed by atoms with E-state index in [9.17, 15) is 4.79 Å². The third-order valence-corrected chi connectivity index (χ3v) is 11.1. The number of aromatic nitrogens is 4. The van der Waals surface area contributed by atoms with Crippen LogP contribution in [0.25, 0.3) is 32.9 Å². The monoisotopic (exact) mass is 705 g/mol. The fraction of sp³-hybridized carbons (Fsp3) is 0.341. The molecule has 6 aromatic rings. The van der Waals surface area contributed by atoms with Crippen LogP contribution in [-0.2, 0) is 25.3 Å². The number of carbonyl (C=O) groups is 2. The van der Waals surface area contributed by atoms with E-state index in [0.717, 1.165) is 83.0 Å². The molecule has 3 aromatic heterocycles. The van der Waals surface area contributed by atoms with Crippen molar-refractivity contribution in [3.8, 4) is 16.9 Å². The summed E-state index contributed by atoms with van der Waals surface area (Å²) in [6, 6.07) is 13.7. The second-order valence-corrected chi connectivity index (χ2v) is 14.3. The molecule has 0 aliphatic carbocycles. The molecule has 51 heavy (non-hydrogen) atoms. The Bertz CT molecular complexity index is 2370. The number of rotatable bonds is 8. The van der Waals surface area contributed by atoms with Crippen molar-refractivity contribution in [1.29, 1.82) is 0 Å². The maximum absolute atomic E-state index is 15.1. The van der Waals surface area contributed by atoms with Gasteiger partial charge in [0.05, 0.1) is 36.2 Å². The number of hydrogen-bond donors (Lipinski definition) is 0. The van der Waals surface area contributed by atoms with E-state index in [-0.39, 0.29) is 11.9 Å². The zero-order chi connectivity index (χ0) is 36.5. The number of aryl methyl sites for hydroxylation is 7. The van der Waals surface area contributed by atoms with E-state index in [2.05, 4.69) is 44.4 Å². The third kappa shape index (κ3) is 5.58. The van der Waals surface area contributed by atoms with E-state index in [1.807, 2.05) is 72.6 Å². The maximum atomic E-state index is 15.1. The first-order valence-electron chi connectivity index (χ1n) is 17.4. The number of nitrogens with zero attached hydrogens (tertiary/aromatic N) is 5. The van der Waals surface area contributed by atoms with E-state index in [1.54, 1.807) is 6.07 Å². The molecule has 0 unspecified atom stereocenters. The van der Waals surface area contributed by atoms with Crippen LogP contribution in [0.2, 0.25) is 5.02 Å². The number of esters is 1.